The Morgan fingerprint density at radius 1 is 1.06 bits per heavy atom. The number of halogens is 1. The van der Waals surface area contributed by atoms with Gasteiger partial charge in [-0.1, -0.05) is 46.3 Å². The molecular weight excluding hydrogens is 516 g/mol. The molecule has 0 saturated heterocycles. The van der Waals surface area contributed by atoms with Crippen LogP contribution in [-0.4, -0.2) is 45.4 Å². The smallest absolute Gasteiger partial charge is 0.343 e. The minimum atomic E-state index is -0.512. The highest BCUT2D eigenvalue weighted by Gasteiger charge is 2.13. The van der Waals surface area contributed by atoms with Gasteiger partial charge in [0.05, 0.1) is 18.9 Å². The lowest BCUT2D eigenvalue weighted by Crippen LogP contribution is -2.24. The number of nitrogens with one attached hydrogen (secondary N) is 1. The number of nitrogens with zero attached hydrogens (tertiary/aromatic N) is 5. The Bertz CT molecular complexity index is 1360. The fourth-order valence-corrected chi connectivity index (χ4v) is 3.21. The van der Waals surface area contributed by atoms with Gasteiger partial charge in [-0.15, -0.1) is 10.2 Å². The maximum atomic E-state index is 12.4. The van der Waals surface area contributed by atoms with Gasteiger partial charge in [0.2, 0.25) is 5.82 Å². The van der Waals surface area contributed by atoms with Gasteiger partial charge < -0.3 is 9.47 Å². The standard InChI is InChI=1S/C24H19BrN6O4/c1-34-21-13-16(7-12-20(21)35-24(33)18-8-10-19(25)11-9-18)14-26-27-22(32)15-31-29-23(28-30-31)17-5-3-2-4-6-17/h2-14H,15H2,1H3,(H,27,32)/b26-14+. The Morgan fingerprint density at radius 2 is 1.83 bits per heavy atom. The summed E-state index contributed by atoms with van der Waals surface area (Å²) < 4.78 is 11.6. The number of benzene rings is 3. The van der Waals surface area contributed by atoms with Gasteiger partial charge in [-0.3, -0.25) is 4.79 Å². The topological polar surface area (TPSA) is 121 Å². The quantitative estimate of drug-likeness (QED) is 0.159. The zero-order valence-electron chi connectivity index (χ0n) is 18.5. The van der Waals surface area contributed by atoms with Crippen LogP contribution in [0, 0.1) is 0 Å². The van der Waals surface area contributed by atoms with Crippen LogP contribution >= 0.6 is 15.9 Å². The van der Waals surface area contributed by atoms with Gasteiger partial charge >= 0.3 is 5.97 Å². The van der Waals surface area contributed by atoms with Crippen molar-refractivity contribution in [3.05, 3.63) is 88.4 Å². The molecule has 0 aliphatic carbocycles. The number of tetrazole rings is 1. The highest BCUT2D eigenvalue weighted by atomic mass is 79.9. The van der Waals surface area contributed by atoms with Crippen molar-refractivity contribution >= 4 is 34.0 Å². The monoisotopic (exact) mass is 534 g/mol. The SMILES string of the molecule is COc1cc(/C=N/NC(=O)Cn2nnc(-c3ccccc3)n2)ccc1OC(=O)c1ccc(Br)cc1. The molecule has 4 rings (SSSR count). The van der Waals surface area contributed by atoms with E-state index in [2.05, 4.69) is 41.9 Å². The molecule has 4 aromatic rings. The molecule has 0 aliphatic rings. The lowest BCUT2D eigenvalue weighted by molar-refractivity contribution is -0.122. The first-order valence-corrected chi connectivity index (χ1v) is 11.1. The average molecular weight is 535 g/mol. The normalized spacial score (nSPS) is 10.8. The number of hydrogen-bond acceptors (Lipinski definition) is 8. The summed E-state index contributed by atoms with van der Waals surface area (Å²) in [6, 6.07) is 21.0. The van der Waals surface area contributed by atoms with Crippen molar-refractivity contribution in [1.29, 1.82) is 0 Å². The van der Waals surface area contributed by atoms with Crippen LogP contribution in [0.2, 0.25) is 0 Å². The second kappa shape index (κ2) is 11.2. The molecule has 10 nitrogen and oxygen atoms in total. The van der Waals surface area contributed by atoms with Crippen molar-refractivity contribution in [3.8, 4) is 22.9 Å². The molecule has 0 bridgehead atoms. The fourth-order valence-electron chi connectivity index (χ4n) is 2.95. The van der Waals surface area contributed by atoms with Crippen LogP contribution in [-0.2, 0) is 11.3 Å². The maximum Gasteiger partial charge on any atom is 0.343 e. The number of rotatable bonds is 8. The van der Waals surface area contributed by atoms with Gasteiger partial charge in [0.15, 0.2) is 11.5 Å². The highest BCUT2D eigenvalue weighted by Crippen LogP contribution is 2.28. The average Bonchev–Trinajstić information content (AvgIpc) is 3.34. The largest absolute Gasteiger partial charge is 0.493 e. The van der Waals surface area contributed by atoms with E-state index >= 15 is 0 Å². The molecule has 1 heterocycles. The van der Waals surface area contributed by atoms with Gasteiger partial charge in [-0.05, 0) is 53.2 Å². The van der Waals surface area contributed by atoms with Crippen molar-refractivity contribution in [2.75, 3.05) is 7.11 Å². The molecular formula is C24H19BrN6O4. The van der Waals surface area contributed by atoms with Crippen molar-refractivity contribution in [2.24, 2.45) is 5.10 Å². The number of carbonyl (C=O) groups is 2. The molecule has 0 saturated carbocycles. The van der Waals surface area contributed by atoms with Crippen LogP contribution in [0.5, 0.6) is 11.5 Å². The van der Waals surface area contributed by atoms with Crippen LogP contribution in [0.3, 0.4) is 0 Å². The number of esters is 1. The van der Waals surface area contributed by atoms with Crippen molar-refractivity contribution in [1.82, 2.24) is 25.6 Å². The third-order valence-electron chi connectivity index (χ3n) is 4.64. The van der Waals surface area contributed by atoms with E-state index in [0.29, 0.717) is 22.7 Å². The van der Waals surface area contributed by atoms with E-state index in [1.54, 1.807) is 42.5 Å². The lowest BCUT2D eigenvalue weighted by Gasteiger charge is -2.10. The van der Waals surface area contributed by atoms with E-state index in [9.17, 15) is 9.59 Å². The van der Waals surface area contributed by atoms with Gasteiger partial charge in [0.1, 0.15) is 6.54 Å². The molecule has 0 unspecified atom stereocenters. The molecule has 11 heteroatoms. The van der Waals surface area contributed by atoms with Crippen LogP contribution in [0.1, 0.15) is 15.9 Å². The van der Waals surface area contributed by atoms with E-state index in [0.717, 1.165) is 10.0 Å². The molecule has 0 aliphatic heterocycles. The van der Waals surface area contributed by atoms with Crippen LogP contribution < -0.4 is 14.9 Å². The number of amides is 1. The Kier molecular flexibility index (Phi) is 7.58. The highest BCUT2D eigenvalue weighted by molar-refractivity contribution is 9.10. The summed E-state index contributed by atoms with van der Waals surface area (Å²) in [7, 11) is 1.46. The first-order valence-electron chi connectivity index (χ1n) is 10.3. The second-order valence-corrected chi connectivity index (χ2v) is 8.03. The van der Waals surface area contributed by atoms with Crippen LogP contribution in [0.15, 0.2) is 82.4 Å². The van der Waals surface area contributed by atoms with Gasteiger partial charge in [0, 0.05) is 10.0 Å². The van der Waals surface area contributed by atoms with E-state index in [-0.39, 0.29) is 12.3 Å². The third kappa shape index (κ3) is 6.36. The summed E-state index contributed by atoms with van der Waals surface area (Å²) in [5, 5.41) is 16.0. The first-order chi connectivity index (χ1) is 17.0. The van der Waals surface area contributed by atoms with Crippen LogP contribution in [0.25, 0.3) is 11.4 Å². The molecule has 1 N–H and O–H groups in total. The number of ether oxygens (including phenoxy) is 2. The molecule has 1 amide bonds. The summed E-state index contributed by atoms with van der Waals surface area (Å²) in [6.45, 7) is -0.147. The summed E-state index contributed by atoms with van der Waals surface area (Å²) in [5.74, 6) is 0.0842. The molecule has 1 aromatic heterocycles. The lowest BCUT2D eigenvalue weighted by atomic mass is 10.2. The number of methoxy groups -OCH3 is 1. The number of aromatic nitrogens is 4. The molecule has 0 atom stereocenters. The summed E-state index contributed by atoms with van der Waals surface area (Å²) in [4.78, 5) is 25.7. The van der Waals surface area contributed by atoms with E-state index in [1.165, 1.54) is 18.1 Å². The van der Waals surface area contributed by atoms with Gasteiger partial charge in [-0.2, -0.15) is 9.90 Å². The van der Waals surface area contributed by atoms with Crippen molar-refractivity contribution in [3.63, 3.8) is 0 Å². The maximum absolute atomic E-state index is 12.4. The van der Waals surface area contributed by atoms with E-state index in [1.807, 2.05) is 30.3 Å². The summed E-state index contributed by atoms with van der Waals surface area (Å²) >= 11 is 3.33. The predicted molar refractivity (Wildman–Crippen MR) is 131 cm³/mol. The number of hydrazone groups is 1. The Hall–Kier alpha value is -4.38. The van der Waals surface area contributed by atoms with Crippen LogP contribution in [0.4, 0.5) is 0 Å². The number of hydrogen-bond donors (Lipinski definition) is 1. The zero-order chi connectivity index (χ0) is 24.6. The summed E-state index contributed by atoms with van der Waals surface area (Å²) in [5.41, 5.74) is 4.24. The molecule has 0 fully saturated rings. The minimum Gasteiger partial charge on any atom is -0.493 e. The Labute approximate surface area is 208 Å². The number of carbonyl (C=O) groups excluding carboxylic acids is 2. The van der Waals surface area contributed by atoms with Gasteiger partial charge in [-0.25, -0.2) is 10.2 Å². The van der Waals surface area contributed by atoms with Gasteiger partial charge in [0.25, 0.3) is 5.91 Å². The second-order valence-electron chi connectivity index (χ2n) is 7.11. The zero-order valence-corrected chi connectivity index (χ0v) is 20.0. The fraction of sp³-hybridized carbons (Fsp3) is 0.0833. The molecule has 0 radical (unpaired) electrons. The van der Waals surface area contributed by atoms with Crippen molar-refractivity contribution < 1.29 is 19.1 Å². The molecule has 0 spiro atoms. The molecule has 176 valence electrons. The first kappa shape index (κ1) is 23.8. The van der Waals surface area contributed by atoms with E-state index < -0.39 is 11.9 Å². The Balaban J connectivity index is 1.34. The molecule has 35 heavy (non-hydrogen) atoms. The minimum absolute atomic E-state index is 0.147. The van der Waals surface area contributed by atoms with Crippen molar-refractivity contribution in [2.45, 2.75) is 6.54 Å². The predicted octanol–water partition coefficient (Wildman–Crippen LogP) is 3.48. The summed E-state index contributed by atoms with van der Waals surface area (Å²) in [6.07, 6.45) is 1.44. The molecule has 3 aromatic carbocycles. The third-order valence-corrected chi connectivity index (χ3v) is 5.17. The Morgan fingerprint density at radius 3 is 2.57 bits per heavy atom. The van der Waals surface area contributed by atoms with E-state index in [4.69, 9.17) is 9.47 Å².